The molecule has 0 radical (unpaired) electrons. The molecular formula is C17H19FN2O2. The Labute approximate surface area is 128 Å². The summed E-state index contributed by atoms with van der Waals surface area (Å²) in [5.74, 6) is 1.38. The summed E-state index contributed by atoms with van der Waals surface area (Å²) in [5.41, 5.74) is 0.621. The third-order valence-electron chi connectivity index (χ3n) is 4.98. The number of hydrogen-bond donors (Lipinski definition) is 0. The van der Waals surface area contributed by atoms with Crippen LogP contribution in [0.4, 0.5) is 4.39 Å². The quantitative estimate of drug-likeness (QED) is 0.869. The molecule has 4 nitrogen and oxygen atoms in total. The predicted molar refractivity (Wildman–Crippen MR) is 78.1 cm³/mol. The highest BCUT2D eigenvalue weighted by atomic mass is 19.1. The van der Waals surface area contributed by atoms with E-state index in [2.05, 4.69) is 10.1 Å². The van der Waals surface area contributed by atoms with Crippen LogP contribution in [0.15, 0.2) is 28.8 Å². The van der Waals surface area contributed by atoms with E-state index in [1.807, 2.05) is 6.07 Å². The Hall–Kier alpha value is -1.75. The molecule has 2 aromatic rings. The standard InChI is InChI=1S/C17H19FN2O2/c18-14-5-3-4-13(10-14)17(7-1-2-8-17)16-19-15(20-22-16)12-6-9-21-11-12/h3-5,10,12H,1-2,6-9,11H2/t12-/m0/s1. The smallest absolute Gasteiger partial charge is 0.237 e. The Bertz CT molecular complexity index is 658. The average Bonchev–Trinajstić information content (AvgIpc) is 3.27. The summed E-state index contributed by atoms with van der Waals surface area (Å²) in [6, 6.07) is 6.80. The molecule has 116 valence electrons. The van der Waals surface area contributed by atoms with E-state index in [1.54, 1.807) is 12.1 Å². The maximum atomic E-state index is 13.7. The molecular weight excluding hydrogens is 283 g/mol. The molecule has 1 aliphatic carbocycles. The molecule has 1 saturated carbocycles. The van der Waals surface area contributed by atoms with Crippen LogP contribution in [0.1, 0.15) is 55.3 Å². The largest absolute Gasteiger partial charge is 0.381 e. The fourth-order valence-electron chi connectivity index (χ4n) is 3.72. The first-order valence-corrected chi connectivity index (χ1v) is 7.96. The second-order valence-corrected chi connectivity index (χ2v) is 6.32. The zero-order valence-corrected chi connectivity index (χ0v) is 12.4. The third-order valence-corrected chi connectivity index (χ3v) is 4.98. The van der Waals surface area contributed by atoms with Gasteiger partial charge in [-0.2, -0.15) is 4.98 Å². The molecule has 0 amide bonds. The van der Waals surface area contributed by atoms with Crippen molar-refractivity contribution in [2.24, 2.45) is 0 Å². The van der Waals surface area contributed by atoms with Gasteiger partial charge < -0.3 is 9.26 Å². The fraction of sp³-hybridized carbons (Fsp3) is 0.529. The maximum Gasteiger partial charge on any atom is 0.237 e. The van der Waals surface area contributed by atoms with Crippen molar-refractivity contribution in [1.29, 1.82) is 0 Å². The molecule has 2 heterocycles. The molecule has 2 fully saturated rings. The van der Waals surface area contributed by atoms with Gasteiger partial charge in [-0.25, -0.2) is 4.39 Å². The molecule has 1 aromatic heterocycles. The van der Waals surface area contributed by atoms with Crippen molar-refractivity contribution < 1.29 is 13.7 Å². The molecule has 1 saturated heterocycles. The van der Waals surface area contributed by atoms with Gasteiger partial charge in [-0.3, -0.25) is 0 Å². The minimum atomic E-state index is -0.327. The van der Waals surface area contributed by atoms with E-state index in [1.165, 1.54) is 6.07 Å². The van der Waals surface area contributed by atoms with Gasteiger partial charge in [0, 0.05) is 12.5 Å². The predicted octanol–water partition coefficient (Wildman–Crippen LogP) is 3.57. The van der Waals surface area contributed by atoms with Crippen molar-refractivity contribution in [2.75, 3.05) is 13.2 Å². The van der Waals surface area contributed by atoms with Gasteiger partial charge >= 0.3 is 0 Å². The lowest BCUT2D eigenvalue weighted by atomic mass is 9.78. The van der Waals surface area contributed by atoms with Crippen LogP contribution in [-0.2, 0) is 10.2 Å². The van der Waals surface area contributed by atoms with E-state index < -0.39 is 0 Å². The Morgan fingerprint density at radius 2 is 2.09 bits per heavy atom. The molecule has 1 aromatic carbocycles. The Morgan fingerprint density at radius 1 is 1.23 bits per heavy atom. The van der Waals surface area contributed by atoms with E-state index in [-0.39, 0.29) is 17.2 Å². The number of halogens is 1. The molecule has 0 unspecified atom stereocenters. The van der Waals surface area contributed by atoms with Crippen molar-refractivity contribution in [3.05, 3.63) is 47.4 Å². The monoisotopic (exact) mass is 302 g/mol. The van der Waals surface area contributed by atoms with E-state index >= 15 is 0 Å². The Morgan fingerprint density at radius 3 is 2.82 bits per heavy atom. The van der Waals surface area contributed by atoms with Crippen molar-refractivity contribution >= 4 is 0 Å². The highest BCUT2D eigenvalue weighted by Gasteiger charge is 2.43. The van der Waals surface area contributed by atoms with Gasteiger partial charge in [-0.1, -0.05) is 30.1 Å². The van der Waals surface area contributed by atoms with Crippen LogP contribution in [0.3, 0.4) is 0 Å². The maximum absolute atomic E-state index is 13.7. The van der Waals surface area contributed by atoms with Crippen LogP contribution in [0.2, 0.25) is 0 Å². The van der Waals surface area contributed by atoms with Crippen molar-refractivity contribution in [2.45, 2.75) is 43.4 Å². The van der Waals surface area contributed by atoms with Crippen LogP contribution in [0.25, 0.3) is 0 Å². The van der Waals surface area contributed by atoms with Gasteiger partial charge in [-0.15, -0.1) is 0 Å². The second-order valence-electron chi connectivity index (χ2n) is 6.32. The first-order chi connectivity index (χ1) is 10.8. The lowest BCUT2D eigenvalue weighted by molar-refractivity contribution is 0.192. The first-order valence-electron chi connectivity index (χ1n) is 7.96. The number of hydrogen-bond acceptors (Lipinski definition) is 4. The van der Waals surface area contributed by atoms with Crippen molar-refractivity contribution in [1.82, 2.24) is 10.1 Å². The summed E-state index contributed by atoms with van der Waals surface area (Å²) in [5, 5.41) is 4.18. The van der Waals surface area contributed by atoms with Gasteiger partial charge in [0.25, 0.3) is 0 Å². The summed E-state index contributed by atoms with van der Waals surface area (Å²) in [4.78, 5) is 4.67. The minimum Gasteiger partial charge on any atom is -0.381 e. The number of nitrogens with zero attached hydrogens (tertiary/aromatic N) is 2. The van der Waals surface area contributed by atoms with E-state index in [9.17, 15) is 4.39 Å². The Balaban J connectivity index is 1.73. The van der Waals surface area contributed by atoms with Crippen molar-refractivity contribution in [3.8, 4) is 0 Å². The van der Waals surface area contributed by atoms with Gasteiger partial charge in [0.15, 0.2) is 5.82 Å². The summed E-state index contributed by atoms with van der Waals surface area (Å²) in [6.07, 6.45) is 4.99. The van der Waals surface area contributed by atoms with Gasteiger partial charge in [0.2, 0.25) is 5.89 Å². The van der Waals surface area contributed by atoms with Crippen LogP contribution in [-0.4, -0.2) is 23.4 Å². The molecule has 4 rings (SSSR count). The minimum absolute atomic E-state index is 0.215. The molecule has 0 bridgehead atoms. The number of rotatable bonds is 3. The summed E-state index contributed by atoms with van der Waals surface area (Å²) in [7, 11) is 0. The van der Waals surface area contributed by atoms with Gasteiger partial charge in [-0.05, 0) is 37.0 Å². The van der Waals surface area contributed by atoms with E-state index in [4.69, 9.17) is 9.26 Å². The SMILES string of the molecule is Fc1cccc(C2(c3nc([C@H]4CCOC4)no3)CCCC2)c1. The molecule has 1 atom stereocenters. The fourth-order valence-corrected chi connectivity index (χ4v) is 3.72. The summed E-state index contributed by atoms with van der Waals surface area (Å²) < 4.78 is 24.7. The Kier molecular flexibility index (Phi) is 3.45. The average molecular weight is 302 g/mol. The lowest BCUT2D eigenvalue weighted by Gasteiger charge is -2.25. The normalized spacial score (nSPS) is 24.0. The molecule has 22 heavy (non-hydrogen) atoms. The number of aromatic nitrogens is 2. The van der Waals surface area contributed by atoms with Crippen molar-refractivity contribution in [3.63, 3.8) is 0 Å². The molecule has 0 N–H and O–H groups in total. The molecule has 2 aliphatic rings. The number of ether oxygens (including phenoxy) is 1. The number of benzene rings is 1. The zero-order chi connectivity index (χ0) is 15.0. The van der Waals surface area contributed by atoms with Gasteiger partial charge in [0.1, 0.15) is 5.82 Å². The zero-order valence-electron chi connectivity index (χ0n) is 12.4. The molecule has 1 aliphatic heterocycles. The van der Waals surface area contributed by atoms with E-state index in [0.717, 1.165) is 50.1 Å². The van der Waals surface area contributed by atoms with Crippen LogP contribution < -0.4 is 0 Å². The second kappa shape index (κ2) is 5.47. The van der Waals surface area contributed by atoms with Crippen LogP contribution in [0.5, 0.6) is 0 Å². The van der Waals surface area contributed by atoms with Crippen LogP contribution >= 0.6 is 0 Å². The third kappa shape index (κ3) is 2.24. The molecule has 5 heteroatoms. The highest BCUT2D eigenvalue weighted by molar-refractivity contribution is 5.33. The highest BCUT2D eigenvalue weighted by Crippen LogP contribution is 2.46. The summed E-state index contributed by atoms with van der Waals surface area (Å²) in [6.45, 7) is 1.41. The first kappa shape index (κ1) is 13.9. The molecule has 0 spiro atoms. The topological polar surface area (TPSA) is 48.2 Å². The summed E-state index contributed by atoms with van der Waals surface area (Å²) >= 11 is 0. The van der Waals surface area contributed by atoms with Gasteiger partial charge in [0.05, 0.1) is 12.0 Å². The van der Waals surface area contributed by atoms with Crippen LogP contribution in [0, 0.1) is 5.82 Å². The lowest BCUT2D eigenvalue weighted by Crippen LogP contribution is -2.24. The van der Waals surface area contributed by atoms with E-state index in [0.29, 0.717) is 12.5 Å².